The van der Waals surface area contributed by atoms with Crippen LogP contribution in [-0.2, 0) is 23.1 Å². The minimum absolute atomic E-state index is 0.366. The van der Waals surface area contributed by atoms with Gasteiger partial charge in [0.2, 0.25) is 0 Å². The highest BCUT2D eigenvalue weighted by atomic mass is 32.2. The monoisotopic (exact) mass is 297 g/mol. The number of furan rings is 1. The summed E-state index contributed by atoms with van der Waals surface area (Å²) in [7, 11) is -0.786. The Kier molecular flexibility index (Phi) is 6.30. The van der Waals surface area contributed by atoms with Gasteiger partial charge in [-0.05, 0) is 43.9 Å². The Bertz CT molecular complexity index is 430. The average Bonchev–Trinajstić information content (AvgIpc) is 2.86. The molecule has 0 aromatic carbocycles. The summed E-state index contributed by atoms with van der Waals surface area (Å²) in [4.78, 5) is 0. The quantitative estimate of drug-likeness (QED) is 0.782. The SMILES string of the molecule is CCCNCc1ccc(CS(=O)C2CCCC(C)C2)o1. The van der Waals surface area contributed by atoms with Crippen molar-refractivity contribution in [3.63, 3.8) is 0 Å². The van der Waals surface area contributed by atoms with Crippen LogP contribution in [0.3, 0.4) is 0 Å². The lowest BCUT2D eigenvalue weighted by Gasteiger charge is -2.25. The molecule has 3 atom stereocenters. The molecular formula is C16H27NO2S. The number of hydrogen-bond acceptors (Lipinski definition) is 3. The molecule has 3 nitrogen and oxygen atoms in total. The van der Waals surface area contributed by atoms with Crippen molar-refractivity contribution in [3.05, 3.63) is 23.7 Å². The normalized spacial score (nSPS) is 24.7. The molecule has 1 aliphatic rings. The summed E-state index contributed by atoms with van der Waals surface area (Å²) in [6.45, 7) is 6.19. The largest absolute Gasteiger partial charge is 0.464 e. The van der Waals surface area contributed by atoms with Crippen LogP contribution in [0.2, 0.25) is 0 Å². The molecule has 1 aromatic rings. The second-order valence-corrected chi connectivity index (χ2v) is 7.68. The highest BCUT2D eigenvalue weighted by Crippen LogP contribution is 2.28. The fourth-order valence-electron chi connectivity index (χ4n) is 2.86. The highest BCUT2D eigenvalue weighted by Gasteiger charge is 2.24. The second kappa shape index (κ2) is 7.99. The molecule has 1 N–H and O–H groups in total. The van der Waals surface area contributed by atoms with Crippen LogP contribution >= 0.6 is 0 Å². The van der Waals surface area contributed by atoms with Crippen molar-refractivity contribution in [1.29, 1.82) is 0 Å². The van der Waals surface area contributed by atoms with Crippen LogP contribution in [0.25, 0.3) is 0 Å². The number of hydrogen-bond donors (Lipinski definition) is 1. The van der Waals surface area contributed by atoms with E-state index in [1.807, 2.05) is 12.1 Å². The van der Waals surface area contributed by atoms with Gasteiger partial charge in [-0.1, -0.05) is 26.7 Å². The van der Waals surface area contributed by atoms with Crippen molar-refractivity contribution in [2.24, 2.45) is 5.92 Å². The van der Waals surface area contributed by atoms with Crippen molar-refractivity contribution in [2.75, 3.05) is 6.54 Å². The molecule has 4 heteroatoms. The molecule has 1 fully saturated rings. The molecule has 0 aliphatic heterocycles. The van der Waals surface area contributed by atoms with Gasteiger partial charge in [0.25, 0.3) is 0 Å². The molecule has 2 rings (SSSR count). The van der Waals surface area contributed by atoms with Crippen LogP contribution in [0.5, 0.6) is 0 Å². The first-order valence-corrected chi connectivity index (χ1v) is 9.22. The van der Waals surface area contributed by atoms with Gasteiger partial charge in [-0.25, -0.2) is 0 Å². The lowest BCUT2D eigenvalue weighted by molar-refractivity contribution is 0.388. The summed E-state index contributed by atoms with van der Waals surface area (Å²) < 4.78 is 18.2. The van der Waals surface area contributed by atoms with E-state index in [0.717, 1.165) is 49.8 Å². The van der Waals surface area contributed by atoms with Crippen molar-refractivity contribution < 1.29 is 8.63 Å². The van der Waals surface area contributed by atoms with E-state index in [1.165, 1.54) is 12.8 Å². The summed E-state index contributed by atoms with van der Waals surface area (Å²) in [6.07, 6.45) is 5.86. The topological polar surface area (TPSA) is 42.2 Å². The van der Waals surface area contributed by atoms with E-state index in [0.29, 0.717) is 11.0 Å². The fraction of sp³-hybridized carbons (Fsp3) is 0.750. The molecule has 3 unspecified atom stereocenters. The summed E-state index contributed by atoms with van der Waals surface area (Å²) in [5, 5.41) is 3.68. The van der Waals surface area contributed by atoms with Gasteiger partial charge in [0.15, 0.2) is 0 Å². The van der Waals surface area contributed by atoms with E-state index in [-0.39, 0.29) is 0 Å². The molecule has 114 valence electrons. The second-order valence-electron chi connectivity index (χ2n) is 5.96. The van der Waals surface area contributed by atoms with Crippen molar-refractivity contribution in [2.45, 2.75) is 63.5 Å². The molecule has 0 saturated heterocycles. The Hall–Kier alpha value is -0.610. The first kappa shape index (κ1) is 15.8. The highest BCUT2D eigenvalue weighted by molar-refractivity contribution is 7.84. The van der Waals surface area contributed by atoms with Crippen molar-refractivity contribution in [3.8, 4) is 0 Å². The van der Waals surface area contributed by atoms with E-state index in [1.54, 1.807) is 0 Å². The van der Waals surface area contributed by atoms with Crippen LogP contribution in [0.4, 0.5) is 0 Å². The third kappa shape index (κ3) is 4.74. The smallest absolute Gasteiger partial charge is 0.118 e. The molecule has 1 saturated carbocycles. The van der Waals surface area contributed by atoms with E-state index in [4.69, 9.17) is 4.42 Å². The van der Waals surface area contributed by atoms with Gasteiger partial charge >= 0.3 is 0 Å². The summed E-state index contributed by atoms with van der Waals surface area (Å²) in [5.41, 5.74) is 0. The van der Waals surface area contributed by atoms with Gasteiger partial charge in [-0.3, -0.25) is 4.21 Å². The standard InChI is InChI=1S/C16H27NO2S/c1-3-9-17-11-14-7-8-15(19-14)12-20(18)16-6-4-5-13(2)10-16/h7-8,13,16-17H,3-6,9-12H2,1-2H3. The third-order valence-corrected chi connectivity index (χ3v) is 5.73. The van der Waals surface area contributed by atoms with E-state index in [9.17, 15) is 4.21 Å². The maximum Gasteiger partial charge on any atom is 0.118 e. The lowest BCUT2D eigenvalue weighted by atomic mass is 9.91. The fourth-order valence-corrected chi connectivity index (χ4v) is 4.50. The molecule has 20 heavy (non-hydrogen) atoms. The van der Waals surface area contributed by atoms with Crippen molar-refractivity contribution >= 4 is 10.8 Å². The van der Waals surface area contributed by atoms with Crippen LogP contribution < -0.4 is 5.32 Å². The summed E-state index contributed by atoms with van der Waals surface area (Å²) in [6, 6.07) is 3.98. The maximum atomic E-state index is 12.4. The Balaban J connectivity index is 1.81. The van der Waals surface area contributed by atoms with Gasteiger partial charge in [-0.15, -0.1) is 0 Å². The number of rotatable bonds is 7. The molecule has 1 heterocycles. The Morgan fingerprint density at radius 1 is 1.35 bits per heavy atom. The van der Waals surface area contributed by atoms with E-state index in [2.05, 4.69) is 19.2 Å². The van der Waals surface area contributed by atoms with Crippen LogP contribution in [0, 0.1) is 5.92 Å². The summed E-state index contributed by atoms with van der Waals surface area (Å²) in [5.74, 6) is 3.12. The maximum absolute atomic E-state index is 12.4. The van der Waals surface area contributed by atoms with Crippen molar-refractivity contribution in [1.82, 2.24) is 5.32 Å². The van der Waals surface area contributed by atoms with E-state index < -0.39 is 10.8 Å². The molecule has 0 radical (unpaired) electrons. The molecule has 1 aliphatic carbocycles. The van der Waals surface area contributed by atoms with E-state index >= 15 is 0 Å². The molecular weight excluding hydrogens is 270 g/mol. The zero-order valence-corrected chi connectivity index (χ0v) is 13.5. The Labute approximate surface area is 125 Å². The Morgan fingerprint density at radius 2 is 2.15 bits per heavy atom. The molecule has 1 aromatic heterocycles. The van der Waals surface area contributed by atoms with Gasteiger partial charge in [0, 0.05) is 16.0 Å². The molecule has 0 amide bonds. The first-order valence-electron chi connectivity index (χ1n) is 7.84. The third-order valence-electron chi connectivity index (χ3n) is 3.99. The Morgan fingerprint density at radius 3 is 2.90 bits per heavy atom. The van der Waals surface area contributed by atoms with Crippen LogP contribution in [-0.4, -0.2) is 16.0 Å². The predicted molar refractivity (Wildman–Crippen MR) is 84.0 cm³/mol. The zero-order valence-electron chi connectivity index (χ0n) is 12.7. The zero-order chi connectivity index (χ0) is 14.4. The summed E-state index contributed by atoms with van der Waals surface area (Å²) >= 11 is 0. The lowest BCUT2D eigenvalue weighted by Crippen LogP contribution is -2.23. The van der Waals surface area contributed by atoms with Gasteiger partial charge in [0.1, 0.15) is 11.5 Å². The molecule has 0 bridgehead atoms. The minimum Gasteiger partial charge on any atom is -0.464 e. The average molecular weight is 297 g/mol. The number of nitrogens with one attached hydrogen (secondary N) is 1. The predicted octanol–water partition coefficient (Wildman–Crippen LogP) is 3.61. The van der Waals surface area contributed by atoms with Crippen LogP contribution in [0.15, 0.2) is 16.5 Å². The van der Waals surface area contributed by atoms with Gasteiger partial charge in [-0.2, -0.15) is 0 Å². The van der Waals surface area contributed by atoms with Gasteiger partial charge in [0.05, 0.1) is 12.3 Å². The van der Waals surface area contributed by atoms with Crippen LogP contribution in [0.1, 0.15) is 57.5 Å². The molecule has 0 spiro atoms. The first-order chi connectivity index (χ1) is 9.69. The minimum atomic E-state index is -0.786. The van der Waals surface area contributed by atoms with Gasteiger partial charge < -0.3 is 9.73 Å².